The number of H-pyrrole nitrogens is 1. The zero-order valence-corrected chi connectivity index (χ0v) is 29.2. The van der Waals surface area contributed by atoms with Crippen LogP contribution in [0.15, 0.2) is 102 Å². The SMILES string of the molecule is COc1cc(CNC[C@H](O)c2ccc(O)c3[nH]c(=O)ccc23)ccc1C(=O)NC1CC(NC(=O)COc2cccc([C@](O)(C(=O)O)c3ccccc3)c2)C1. The molecule has 1 fully saturated rings. The molecule has 4 aromatic carbocycles. The van der Waals surface area contributed by atoms with E-state index in [-0.39, 0.29) is 64.8 Å². The number of pyridine rings is 1. The van der Waals surface area contributed by atoms with Gasteiger partial charge in [-0.2, -0.15) is 0 Å². The molecule has 1 saturated carbocycles. The smallest absolute Gasteiger partial charge is 0.345 e. The lowest BCUT2D eigenvalue weighted by atomic mass is 9.86. The van der Waals surface area contributed by atoms with Gasteiger partial charge in [0.25, 0.3) is 11.8 Å². The second kappa shape index (κ2) is 16.2. The fraction of sp³-hybridized carbons (Fsp3) is 0.250. The average Bonchev–Trinajstić information content (AvgIpc) is 3.16. The van der Waals surface area contributed by atoms with E-state index in [4.69, 9.17) is 9.47 Å². The third kappa shape index (κ3) is 8.20. The number of rotatable bonds is 15. The van der Waals surface area contributed by atoms with Crippen molar-refractivity contribution in [2.24, 2.45) is 0 Å². The highest BCUT2D eigenvalue weighted by atomic mass is 16.5. The third-order valence-corrected chi connectivity index (χ3v) is 9.40. The van der Waals surface area contributed by atoms with Crippen LogP contribution in [0.25, 0.3) is 10.9 Å². The number of aliphatic hydroxyl groups is 2. The van der Waals surface area contributed by atoms with Crippen LogP contribution in [0.2, 0.25) is 0 Å². The first-order valence-corrected chi connectivity index (χ1v) is 17.2. The van der Waals surface area contributed by atoms with Crippen molar-refractivity contribution in [3.8, 4) is 17.2 Å². The number of hydrogen-bond donors (Lipinski definition) is 8. The number of benzene rings is 4. The Labute approximate surface area is 309 Å². The van der Waals surface area contributed by atoms with Crippen LogP contribution < -0.4 is 31.0 Å². The number of carboxylic acid groups (broad SMARTS) is 1. The van der Waals surface area contributed by atoms with E-state index in [9.17, 15) is 39.6 Å². The van der Waals surface area contributed by atoms with E-state index in [1.54, 1.807) is 54.6 Å². The summed E-state index contributed by atoms with van der Waals surface area (Å²) in [5.74, 6) is -1.67. The van der Waals surface area contributed by atoms with Gasteiger partial charge in [0, 0.05) is 42.2 Å². The Bertz CT molecular complexity index is 2220. The molecule has 0 saturated heterocycles. The Hall–Kier alpha value is -6.22. The number of aliphatic hydroxyl groups excluding tert-OH is 1. The van der Waals surface area contributed by atoms with Gasteiger partial charge in [-0.1, -0.05) is 54.6 Å². The van der Waals surface area contributed by atoms with Crippen molar-refractivity contribution in [3.63, 3.8) is 0 Å². The summed E-state index contributed by atoms with van der Waals surface area (Å²) in [6.07, 6.45) is 0.0869. The number of phenolic OH excluding ortho intramolecular Hbond substituents is 1. The highest BCUT2D eigenvalue weighted by Gasteiger charge is 2.40. The number of aromatic nitrogens is 1. The molecule has 0 unspecified atom stereocenters. The summed E-state index contributed by atoms with van der Waals surface area (Å²) in [6.45, 7) is 0.203. The summed E-state index contributed by atoms with van der Waals surface area (Å²) in [5.41, 5.74) is -0.457. The minimum atomic E-state index is -2.31. The fourth-order valence-corrected chi connectivity index (χ4v) is 6.48. The molecule has 2 atom stereocenters. The largest absolute Gasteiger partial charge is 0.506 e. The Morgan fingerprint density at radius 1 is 0.907 bits per heavy atom. The van der Waals surface area contributed by atoms with Crippen molar-refractivity contribution in [1.82, 2.24) is 20.9 Å². The van der Waals surface area contributed by atoms with Gasteiger partial charge in [-0.05, 0) is 65.9 Å². The zero-order valence-electron chi connectivity index (χ0n) is 29.2. The molecule has 0 spiro atoms. The second-order valence-electron chi connectivity index (χ2n) is 13.1. The number of carbonyl (C=O) groups is 3. The van der Waals surface area contributed by atoms with Gasteiger partial charge in [0.15, 0.2) is 6.61 Å². The van der Waals surface area contributed by atoms with Gasteiger partial charge < -0.3 is 50.8 Å². The molecular weight excluding hydrogens is 696 g/mol. The summed E-state index contributed by atoms with van der Waals surface area (Å²) >= 11 is 0. The van der Waals surface area contributed by atoms with E-state index in [2.05, 4.69) is 20.9 Å². The predicted molar refractivity (Wildman–Crippen MR) is 197 cm³/mol. The van der Waals surface area contributed by atoms with Gasteiger partial charge in [0.2, 0.25) is 11.2 Å². The van der Waals surface area contributed by atoms with E-state index >= 15 is 0 Å². The van der Waals surface area contributed by atoms with Crippen LogP contribution >= 0.6 is 0 Å². The molecular formula is C40H40N4O10. The number of aromatic amines is 1. The Morgan fingerprint density at radius 2 is 1.65 bits per heavy atom. The van der Waals surface area contributed by atoms with Gasteiger partial charge in [-0.15, -0.1) is 0 Å². The molecule has 14 nitrogen and oxygen atoms in total. The maximum absolute atomic E-state index is 13.1. The monoisotopic (exact) mass is 736 g/mol. The van der Waals surface area contributed by atoms with Crippen molar-refractivity contribution < 1.29 is 44.3 Å². The average molecular weight is 737 g/mol. The molecule has 1 aromatic heterocycles. The van der Waals surface area contributed by atoms with Crippen LogP contribution in [-0.2, 0) is 21.7 Å². The first-order chi connectivity index (χ1) is 26.0. The minimum absolute atomic E-state index is 0.0801. The lowest BCUT2D eigenvalue weighted by molar-refractivity contribution is -0.155. The van der Waals surface area contributed by atoms with E-state index in [0.717, 1.165) is 5.56 Å². The van der Waals surface area contributed by atoms with Crippen LogP contribution in [0.3, 0.4) is 0 Å². The molecule has 6 rings (SSSR count). The van der Waals surface area contributed by atoms with Gasteiger partial charge in [-0.3, -0.25) is 14.4 Å². The Balaban J connectivity index is 0.955. The topological polar surface area (TPSA) is 220 Å². The number of aliphatic carboxylic acids is 1. The zero-order chi connectivity index (χ0) is 38.4. The molecule has 1 heterocycles. The third-order valence-electron chi connectivity index (χ3n) is 9.40. The van der Waals surface area contributed by atoms with Gasteiger partial charge >= 0.3 is 5.97 Å². The first-order valence-electron chi connectivity index (χ1n) is 17.2. The van der Waals surface area contributed by atoms with Crippen LogP contribution in [0, 0.1) is 0 Å². The number of ether oxygens (including phenoxy) is 2. The number of aromatic hydroxyl groups is 1. The van der Waals surface area contributed by atoms with Crippen molar-refractivity contribution >= 4 is 28.7 Å². The summed E-state index contributed by atoms with van der Waals surface area (Å²) in [4.78, 5) is 52.2. The van der Waals surface area contributed by atoms with Crippen molar-refractivity contribution in [2.45, 2.75) is 43.2 Å². The molecule has 54 heavy (non-hydrogen) atoms. The summed E-state index contributed by atoms with van der Waals surface area (Å²) in [7, 11) is 1.47. The summed E-state index contributed by atoms with van der Waals surface area (Å²) < 4.78 is 11.1. The van der Waals surface area contributed by atoms with Crippen LogP contribution in [-0.4, -0.2) is 75.5 Å². The quantitative estimate of drug-likeness (QED) is 0.0781. The number of fused-ring (bicyclic) bond motifs is 1. The van der Waals surface area contributed by atoms with Gasteiger partial charge in [0.1, 0.15) is 17.2 Å². The number of phenols is 1. The lowest BCUT2D eigenvalue weighted by Gasteiger charge is -2.36. The fourth-order valence-electron chi connectivity index (χ4n) is 6.48. The summed E-state index contributed by atoms with van der Waals surface area (Å²) in [5, 5.41) is 51.5. The number of nitrogens with one attached hydrogen (secondary N) is 4. The van der Waals surface area contributed by atoms with Crippen LogP contribution in [0.1, 0.15) is 51.6 Å². The highest BCUT2D eigenvalue weighted by molar-refractivity contribution is 5.97. The summed E-state index contributed by atoms with van der Waals surface area (Å²) in [6, 6.07) is 24.7. The number of methoxy groups -OCH3 is 1. The normalized spacial score (nSPS) is 16.7. The number of hydrogen-bond acceptors (Lipinski definition) is 10. The molecule has 8 N–H and O–H groups in total. The minimum Gasteiger partial charge on any atom is -0.506 e. The second-order valence-corrected chi connectivity index (χ2v) is 13.1. The highest BCUT2D eigenvalue weighted by Crippen LogP contribution is 2.32. The number of carbonyl (C=O) groups excluding carboxylic acids is 2. The van der Waals surface area contributed by atoms with Crippen molar-refractivity contribution in [2.75, 3.05) is 20.3 Å². The van der Waals surface area contributed by atoms with E-state index < -0.39 is 23.6 Å². The van der Waals surface area contributed by atoms with E-state index in [1.807, 2.05) is 0 Å². The molecule has 0 bridgehead atoms. The number of amides is 2. The van der Waals surface area contributed by atoms with E-state index in [0.29, 0.717) is 41.6 Å². The lowest BCUT2D eigenvalue weighted by Crippen LogP contribution is -2.54. The maximum atomic E-state index is 13.1. The van der Waals surface area contributed by atoms with Crippen molar-refractivity contribution in [3.05, 3.63) is 135 Å². The molecule has 5 aromatic rings. The molecule has 1 aliphatic rings. The van der Waals surface area contributed by atoms with Crippen molar-refractivity contribution in [1.29, 1.82) is 0 Å². The van der Waals surface area contributed by atoms with Crippen LogP contribution in [0.4, 0.5) is 0 Å². The van der Waals surface area contributed by atoms with Gasteiger partial charge in [-0.25, -0.2) is 4.79 Å². The molecule has 0 radical (unpaired) electrons. The maximum Gasteiger partial charge on any atom is 0.345 e. The molecule has 280 valence electrons. The molecule has 1 aliphatic carbocycles. The standard InChI is InChI=1S/C40H40N4O10/c1-53-34-16-23(20-41-21-33(46)29-12-14-32(45)37-30(29)13-15-35(47)44-37)10-11-31(34)38(49)43-27-18-26(19-27)42-36(48)22-54-28-9-5-8-25(17-28)40(52,39(50)51)24-6-3-2-4-7-24/h2-17,26-27,33,41,45-46,52H,18-22H2,1H3,(H,42,48)(H,43,49)(H,44,47)(H,50,51)/t26?,27?,33-,40-/m0/s1. The predicted octanol–water partition coefficient (Wildman–Crippen LogP) is 2.84. The molecule has 0 aliphatic heterocycles. The molecule has 14 heteroatoms. The van der Waals surface area contributed by atoms with Gasteiger partial charge in [0.05, 0.1) is 24.3 Å². The van der Waals surface area contributed by atoms with E-state index in [1.165, 1.54) is 49.6 Å². The Kier molecular flexibility index (Phi) is 11.3. The first kappa shape index (κ1) is 37.5. The van der Waals surface area contributed by atoms with Crippen LogP contribution in [0.5, 0.6) is 17.2 Å². The molecule has 2 amide bonds. The Morgan fingerprint density at radius 3 is 2.39 bits per heavy atom. The number of carboxylic acids is 1.